The summed E-state index contributed by atoms with van der Waals surface area (Å²) in [6.45, 7) is 4.36. The summed E-state index contributed by atoms with van der Waals surface area (Å²) < 4.78 is 0. The number of rotatable bonds is 0. The Hall–Kier alpha value is -0.443. The SMILES string of the molecule is Cc1ccc(C)c2c1C=CC2.[LiH]. The van der Waals surface area contributed by atoms with Crippen LogP contribution in [0.15, 0.2) is 18.2 Å². The molecule has 12 heavy (non-hydrogen) atoms. The Balaban J connectivity index is 0.000000720. The maximum absolute atomic E-state index is 2.24. The normalized spacial score (nSPS) is 12.5. The van der Waals surface area contributed by atoms with Crippen molar-refractivity contribution in [2.75, 3.05) is 0 Å². The molecule has 0 fully saturated rings. The van der Waals surface area contributed by atoms with Crippen molar-refractivity contribution < 1.29 is 0 Å². The first kappa shape index (κ1) is 9.64. The Morgan fingerprint density at radius 1 is 1.08 bits per heavy atom. The Morgan fingerprint density at radius 3 is 2.42 bits per heavy atom. The fourth-order valence-corrected chi connectivity index (χ4v) is 1.69. The Labute approximate surface area is 85.9 Å². The van der Waals surface area contributed by atoms with Gasteiger partial charge < -0.3 is 0 Å². The van der Waals surface area contributed by atoms with Gasteiger partial charge in [0.1, 0.15) is 0 Å². The molecule has 1 aromatic rings. The topological polar surface area (TPSA) is 0 Å². The van der Waals surface area contributed by atoms with Gasteiger partial charge in [-0.15, -0.1) is 0 Å². The molecule has 0 amide bonds. The molecular weight excluding hydrogens is 139 g/mol. The van der Waals surface area contributed by atoms with Crippen LogP contribution in [0.1, 0.15) is 22.3 Å². The first-order valence-electron chi connectivity index (χ1n) is 4.04. The summed E-state index contributed by atoms with van der Waals surface area (Å²) in [5, 5.41) is 0. The van der Waals surface area contributed by atoms with Crippen molar-refractivity contribution in [2.45, 2.75) is 20.3 Å². The molecular formula is C11H13Li. The molecule has 1 aromatic carbocycles. The van der Waals surface area contributed by atoms with Crippen molar-refractivity contribution >= 4 is 24.9 Å². The van der Waals surface area contributed by atoms with Crippen molar-refractivity contribution in [3.63, 3.8) is 0 Å². The standard InChI is InChI=1S/C11H12.Li.H/c1-8-6-7-9(2)11-5-3-4-10(8)11;;/h3-4,6-7H,5H2,1-2H3;;. The second-order valence-electron chi connectivity index (χ2n) is 3.20. The average molecular weight is 152 g/mol. The van der Waals surface area contributed by atoms with Gasteiger partial charge in [0.2, 0.25) is 0 Å². The molecule has 1 heteroatoms. The van der Waals surface area contributed by atoms with E-state index in [0.717, 1.165) is 6.42 Å². The zero-order chi connectivity index (χ0) is 7.84. The molecule has 1 aliphatic carbocycles. The van der Waals surface area contributed by atoms with Gasteiger partial charge >= 0.3 is 18.9 Å². The molecule has 58 valence electrons. The summed E-state index contributed by atoms with van der Waals surface area (Å²) in [6, 6.07) is 4.41. The van der Waals surface area contributed by atoms with Crippen LogP contribution in [-0.2, 0) is 6.42 Å². The van der Waals surface area contributed by atoms with Gasteiger partial charge in [-0.2, -0.15) is 0 Å². The molecule has 1 aliphatic rings. The summed E-state index contributed by atoms with van der Waals surface area (Å²) in [7, 11) is 0. The van der Waals surface area contributed by atoms with Crippen LogP contribution in [0.25, 0.3) is 6.08 Å². The molecule has 0 radical (unpaired) electrons. The molecule has 0 aliphatic heterocycles. The molecule has 0 unspecified atom stereocenters. The predicted molar refractivity (Wildman–Crippen MR) is 55.8 cm³/mol. The number of aryl methyl sites for hydroxylation is 2. The van der Waals surface area contributed by atoms with E-state index in [9.17, 15) is 0 Å². The van der Waals surface area contributed by atoms with E-state index in [-0.39, 0.29) is 18.9 Å². The van der Waals surface area contributed by atoms with E-state index in [4.69, 9.17) is 0 Å². The van der Waals surface area contributed by atoms with Crippen LogP contribution in [0.5, 0.6) is 0 Å². The molecule has 0 bridgehead atoms. The number of allylic oxidation sites excluding steroid dienone is 1. The molecule has 0 heterocycles. The maximum atomic E-state index is 2.24. The summed E-state index contributed by atoms with van der Waals surface area (Å²) in [6.07, 6.45) is 5.60. The third-order valence-corrected chi connectivity index (χ3v) is 2.42. The zero-order valence-electron chi connectivity index (χ0n) is 7.02. The van der Waals surface area contributed by atoms with Gasteiger partial charge in [0.25, 0.3) is 0 Å². The van der Waals surface area contributed by atoms with E-state index >= 15 is 0 Å². The summed E-state index contributed by atoms with van der Waals surface area (Å²) in [5.41, 5.74) is 5.80. The second kappa shape index (κ2) is 3.52. The van der Waals surface area contributed by atoms with Crippen molar-refractivity contribution in [1.82, 2.24) is 0 Å². The molecule has 0 N–H and O–H groups in total. The van der Waals surface area contributed by atoms with Crippen LogP contribution >= 0.6 is 0 Å². The summed E-state index contributed by atoms with van der Waals surface area (Å²) in [4.78, 5) is 0. The van der Waals surface area contributed by atoms with Crippen LogP contribution in [0.4, 0.5) is 0 Å². The van der Waals surface area contributed by atoms with E-state index < -0.39 is 0 Å². The fraction of sp³-hybridized carbons (Fsp3) is 0.273. The Kier molecular flexibility index (Phi) is 2.83. The van der Waals surface area contributed by atoms with E-state index in [2.05, 4.69) is 38.1 Å². The predicted octanol–water partition coefficient (Wildman–Crippen LogP) is 2.22. The van der Waals surface area contributed by atoms with Crippen LogP contribution in [0.3, 0.4) is 0 Å². The first-order chi connectivity index (χ1) is 5.29. The van der Waals surface area contributed by atoms with Gasteiger partial charge in [0, 0.05) is 0 Å². The van der Waals surface area contributed by atoms with Crippen LogP contribution in [0, 0.1) is 13.8 Å². The van der Waals surface area contributed by atoms with E-state index in [1.165, 1.54) is 22.3 Å². The van der Waals surface area contributed by atoms with Gasteiger partial charge in [-0.05, 0) is 42.5 Å². The molecule has 0 spiro atoms. The van der Waals surface area contributed by atoms with Crippen LogP contribution in [0.2, 0.25) is 0 Å². The zero-order valence-corrected chi connectivity index (χ0v) is 7.02. The van der Waals surface area contributed by atoms with Gasteiger partial charge in [-0.25, -0.2) is 0 Å². The van der Waals surface area contributed by atoms with Crippen molar-refractivity contribution in [3.05, 3.63) is 40.5 Å². The average Bonchev–Trinajstić information content (AvgIpc) is 2.45. The Bertz CT molecular complexity index is 324. The van der Waals surface area contributed by atoms with Crippen molar-refractivity contribution in [3.8, 4) is 0 Å². The number of benzene rings is 1. The second-order valence-corrected chi connectivity index (χ2v) is 3.20. The summed E-state index contributed by atoms with van der Waals surface area (Å²) in [5.74, 6) is 0. The van der Waals surface area contributed by atoms with Gasteiger partial charge in [-0.3, -0.25) is 0 Å². The van der Waals surface area contributed by atoms with E-state index in [1.807, 2.05) is 0 Å². The minimum absolute atomic E-state index is 0. The third-order valence-electron chi connectivity index (χ3n) is 2.42. The van der Waals surface area contributed by atoms with Gasteiger partial charge in [0.05, 0.1) is 0 Å². The molecule has 0 aromatic heterocycles. The molecule has 0 nitrogen and oxygen atoms in total. The molecule has 0 atom stereocenters. The molecule has 0 saturated carbocycles. The molecule has 2 rings (SSSR count). The Morgan fingerprint density at radius 2 is 1.75 bits per heavy atom. The number of hydrogen-bond donors (Lipinski definition) is 0. The van der Waals surface area contributed by atoms with Gasteiger partial charge in [-0.1, -0.05) is 24.3 Å². The monoisotopic (exact) mass is 152 g/mol. The third kappa shape index (κ3) is 1.38. The van der Waals surface area contributed by atoms with Crippen molar-refractivity contribution in [2.24, 2.45) is 0 Å². The van der Waals surface area contributed by atoms with Crippen molar-refractivity contribution in [1.29, 1.82) is 0 Å². The van der Waals surface area contributed by atoms with Crippen LogP contribution in [-0.4, -0.2) is 18.9 Å². The number of hydrogen-bond acceptors (Lipinski definition) is 0. The summed E-state index contributed by atoms with van der Waals surface area (Å²) >= 11 is 0. The van der Waals surface area contributed by atoms with Gasteiger partial charge in [0.15, 0.2) is 0 Å². The molecule has 0 saturated heterocycles. The minimum atomic E-state index is 0. The van der Waals surface area contributed by atoms with E-state index in [1.54, 1.807) is 0 Å². The van der Waals surface area contributed by atoms with Crippen LogP contribution < -0.4 is 0 Å². The first-order valence-corrected chi connectivity index (χ1v) is 4.04. The fourth-order valence-electron chi connectivity index (χ4n) is 1.69. The number of fused-ring (bicyclic) bond motifs is 1. The van der Waals surface area contributed by atoms with E-state index in [0.29, 0.717) is 0 Å². The quantitative estimate of drug-likeness (QED) is 0.500.